The van der Waals surface area contributed by atoms with Crippen LogP contribution in [-0.2, 0) is 16.6 Å². The Balaban J connectivity index is 1.08. The number of nitrogens with zero attached hydrogens (tertiary/aromatic N) is 6. The fraction of sp³-hybridized carbons (Fsp3) is 0.600. The predicted octanol–water partition coefficient (Wildman–Crippen LogP) is 2.29. The van der Waals surface area contributed by atoms with Crippen LogP contribution < -0.4 is 5.73 Å². The van der Waals surface area contributed by atoms with Gasteiger partial charge in [-0.15, -0.1) is 0 Å². The predicted molar refractivity (Wildman–Crippen MR) is 159 cm³/mol. The molecule has 0 radical (unpaired) electrons. The fourth-order valence-corrected chi connectivity index (χ4v) is 6.36. The molecular formula is C30H42N8O4. The normalized spacial score (nSPS) is 27.4. The first-order valence-electron chi connectivity index (χ1n) is 14.8. The van der Waals surface area contributed by atoms with Gasteiger partial charge in [0.25, 0.3) is 0 Å². The minimum absolute atomic E-state index is 0.0476. The zero-order valence-corrected chi connectivity index (χ0v) is 24.8. The molecule has 1 unspecified atom stereocenters. The van der Waals surface area contributed by atoms with Crippen LogP contribution in [0.15, 0.2) is 30.9 Å². The van der Waals surface area contributed by atoms with E-state index >= 15 is 0 Å². The number of aliphatic hydroxyl groups excluding tert-OH is 3. The Labute approximate surface area is 245 Å². The van der Waals surface area contributed by atoms with E-state index in [2.05, 4.69) is 77.7 Å². The number of hydrogen-bond donors (Lipinski definition) is 5. The standard InChI is InChI=1S/C30H42N8O4/c1-15(2)37(12-22-25(40)26(41)29(42-22)38-14-34-24-27(31)32-13-33-28(24)38)18-8-16(9-18)21(39)11-23-35-19-7-6-17(30(3,4)5)10-20(19)36-23/h6-7,10,13-16,18,21-22,25-26,29,39-41H,8-9,11-12H2,1-5H3,(H,35,36)(H2,31,32,33)/t16-,18+,21?,22-,25-,26-,29-/m1/s1. The number of hydrogen-bond acceptors (Lipinski definition) is 10. The maximum atomic E-state index is 11.1. The van der Waals surface area contributed by atoms with Crippen molar-refractivity contribution in [3.05, 3.63) is 42.2 Å². The van der Waals surface area contributed by atoms with Crippen molar-refractivity contribution in [3.63, 3.8) is 0 Å². The minimum Gasteiger partial charge on any atom is -0.392 e. The van der Waals surface area contributed by atoms with Crippen molar-refractivity contribution in [3.8, 4) is 0 Å². The van der Waals surface area contributed by atoms with Crippen molar-refractivity contribution in [2.75, 3.05) is 12.3 Å². The number of nitrogens with two attached hydrogens (primary N) is 1. The third kappa shape index (κ3) is 5.26. The van der Waals surface area contributed by atoms with E-state index in [1.165, 1.54) is 18.2 Å². The fourth-order valence-electron chi connectivity index (χ4n) is 6.36. The summed E-state index contributed by atoms with van der Waals surface area (Å²) in [6.45, 7) is 11.2. The Morgan fingerprint density at radius 3 is 2.62 bits per heavy atom. The molecule has 2 fully saturated rings. The van der Waals surface area contributed by atoms with E-state index < -0.39 is 30.6 Å². The summed E-state index contributed by atoms with van der Waals surface area (Å²) in [5.41, 5.74) is 9.97. The minimum atomic E-state index is -1.16. The number of ether oxygens (including phenoxy) is 1. The number of aromatic amines is 1. The van der Waals surface area contributed by atoms with Gasteiger partial charge in [-0.25, -0.2) is 19.9 Å². The van der Waals surface area contributed by atoms with Crippen LogP contribution in [0, 0.1) is 5.92 Å². The van der Waals surface area contributed by atoms with Gasteiger partial charge in [-0.2, -0.15) is 0 Å². The molecule has 5 atom stereocenters. The maximum absolute atomic E-state index is 11.1. The number of aromatic nitrogens is 6. The zero-order chi connectivity index (χ0) is 29.9. The molecule has 0 amide bonds. The molecule has 2 aliphatic rings. The Kier molecular flexibility index (Phi) is 7.47. The highest BCUT2D eigenvalue weighted by Crippen LogP contribution is 2.39. The van der Waals surface area contributed by atoms with Gasteiger partial charge in [-0.05, 0) is 55.7 Å². The topological polar surface area (TPSA) is 171 Å². The van der Waals surface area contributed by atoms with Crippen LogP contribution in [0.25, 0.3) is 22.2 Å². The van der Waals surface area contributed by atoms with Gasteiger partial charge in [0.1, 0.15) is 36.0 Å². The van der Waals surface area contributed by atoms with E-state index in [1.807, 2.05) is 0 Å². The smallest absolute Gasteiger partial charge is 0.167 e. The van der Waals surface area contributed by atoms with Crippen LogP contribution in [0.1, 0.15) is 65.1 Å². The molecule has 1 aromatic carbocycles. The molecule has 226 valence electrons. The van der Waals surface area contributed by atoms with Crippen molar-refractivity contribution in [2.24, 2.45) is 5.92 Å². The van der Waals surface area contributed by atoms with E-state index in [-0.39, 0.29) is 29.2 Å². The van der Waals surface area contributed by atoms with Crippen molar-refractivity contribution < 1.29 is 20.1 Å². The molecule has 1 saturated carbocycles. The van der Waals surface area contributed by atoms with E-state index in [4.69, 9.17) is 15.5 Å². The third-order valence-corrected chi connectivity index (χ3v) is 9.02. The molecule has 0 spiro atoms. The molecule has 0 bridgehead atoms. The highest BCUT2D eigenvalue weighted by Gasteiger charge is 2.47. The number of rotatable bonds is 8. The average molecular weight is 579 g/mol. The van der Waals surface area contributed by atoms with Crippen LogP contribution >= 0.6 is 0 Å². The molecule has 1 aliphatic heterocycles. The summed E-state index contributed by atoms with van der Waals surface area (Å²) in [6.07, 6.45) is 0.796. The SMILES string of the molecule is CC(C)N(C[C@H]1O[C@@H](n2cnc3c(N)ncnc32)[C@H](O)[C@@H]1O)[C@H]1C[C@@H](C(O)Cc2nc3cc(C(C)(C)C)ccc3[nH]2)C1. The van der Waals surface area contributed by atoms with Gasteiger partial charge < -0.3 is 30.8 Å². The summed E-state index contributed by atoms with van der Waals surface area (Å²) in [4.78, 5) is 22.9. The van der Waals surface area contributed by atoms with Gasteiger partial charge >= 0.3 is 0 Å². The van der Waals surface area contributed by atoms with Crippen molar-refractivity contribution >= 4 is 28.0 Å². The third-order valence-electron chi connectivity index (χ3n) is 9.02. The van der Waals surface area contributed by atoms with Gasteiger partial charge in [0.2, 0.25) is 0 Å². The zero-order valence-electron chi connectivity index (χ0n) is 24.8. The number of imidazole rings is 2. The number of nitrogens with one attached hydrogen (secondary N) is 1. The van der Waals surface area contributed by atoms with E-state index in [1.54, 1.807) is 4.57 Å². The lowest BCUT2D eigenvalue weighted by atomic mass is 9.74. The Morgan fingerprint density at radius 1 is 1.14 bits per heavy atom. The maximum Gasteiger partial charge on any atom is 0.167 e. The highest BCUT2D eigenvalue weighted by molar-refractivity contribution is 5.81. The number of anilines is 1. The number of aliphatic hydroxyl groups is 3. The van der Waals surface area contributed by atoms with Crippen molar-refractivity contribution in [2.45, 2.75) is 102 Å². The van der Waals surface area contributed by atoms with Gasteiger partial charge in [0, 0.05) is 25.0 Å². The molecule has 42 heavy (non-hydrogen) atoms. The first kappa shape index (κ1) is 28.9. The molecule has 4 aromatic rings. The average Bonchev–Trinajstić information content (AvgIpc) is 3.58. The summed E-state index contributed by atoms with van der Waals surface area (Å²) in [5, 5.41) is 32.9. The van der Waals surface area contributed by atoms with Crippen molar-refractivity contribution in [1.29, 1.82) is 0 Å². The van der Waals surface area contributed by atoms with Gasteiger partial charge in [-0.1, -0.05) is 26.8 Å². The van der Waals surface area contributed by atoms with Crippen LogP contribution in [0.4, 0.5) is 5.82 Å². The van der Waals surface area contributed by atoms with E-state index in [0.29, 0.717) is 24.1 Å². The monoisotopic (exact) mass is 578 g/mol. The largest absolute Gasteiger partial charge is 0.392 e. The second kappa shape index (κ2) is 10.8. The molecule has 1 aliphatic carbocycles. The molecule has 3 aromatic heterocycles. The van der Waals surface area contributed by atoms with Gasteiger partial charge in [0.05, 0.1) is 23.5 Å². The van der Waals surface area contributed by atoms with Crippen LogP contribution in [0.3, 0.4) is 0 Å². The summed E-state index contributed by atoms with van der Waals surface area (Å²) in [5.74, 6) is 1.20. The molecule has 6 rings (SSSR count). The van der Waals surface area contributed by atoms with Crippen LogP contribution in [-0.4, -0.2) is 92.8 Å². The lowest BCUT2D eigenvalue weighted by Crippen LogP contribution is -2.54. The Hall–Kier alpha value is -3.16. The lowest BCUT2D eigenvalue weighted by Gasteiger charge is -2.47. The number of nitrogen functional groups attached to an aromatic ring is 1. The molecule has 4 heterocycles. The first-order valence-corrected chi connectivity index (χ1v) is 14.8. The number of H-pyrrole nitrogens is 1. The second-order valence-corrected chi connectivity index (χ2v) is 13.2. The highest BCUT2D eigenvalue weighted by atomic mass is 16.6. The Bertz CT molecular complexity index is 1560. The summed E-state index contributed by atoms with van der Waals surface area (Å²) in [6, 6.07) is 6.75. The summed E-state index contributed by atoms with van der Waals surface area (Å²) in [7, 11) is 0. The quantitative estimate of drug-likeness (QED) is 0.209. The van der Waals surface area contributed by atoms with E-state index in [0.717, 1.165) is 29.7 Å². The molecular weight excluding hydrogens is 536 g/mol. The summed E-state index contributed by atoms with van der Waals surface area (Å²) >= 11 is 0. The van der Waals surface area contributed by atoms with Crippen LogP contribution in [0.2, 0.25) is 0 Å². The molecule has 12 nitrogen and oxygen atoms in total. The number of benzene rings is 1. The van der Waals surface area contributed by atoms with Crippen molar-refractivity contribution in [1.82, 2.24) is 34.4 Å². The van der Waals surface area contributed by atoms with Gasteiger partial charge in [-0.3, -0.25) is 9.47 Å². The summed E-state index contributed by atoms with van der Waals surface area (Å²) < 4.78 is 7.80. The van der Waals surface area contributed by atoms with Gasteiger partial charge in [0.15, 0.2) is 17.7 Å². The van der Waals surface area contributed by atoms with Crippen LogP contribution in [0.5, 0.6) is 0 Å². The Morgan fingerprint density at radius 2 is 1.90 bits per heavy atom. The molecule has 6 N–H and O–H groups in total. The molecule has 12 heteroatoms. The lowest BCUT2D eigenvalue weighted by molar-refractivity contribution is -0.0713. The number of fused-ring (bicyclic) bond motifs is 2. The second-order valence-electron chi connectivity index (χ2n) is 13.2. The molecule has 1 saturated heterocycles. The van der Waals surface area contributed by atoms with E-state index in [9.17, 15) is 15.3 Å². The first-order chi connectivity index (χ1) is 19.9.